The van der Waals surface area contributed by atoms with Crippen LogP contribution in [0, 0.1) is 0 Å². The minimum Gasteiger partial charge on any atom is -0.452 e. The van der Waals surface area contributed by atoms with Gasteiger partial charge in [0.15, 0.2) is 11.3 Å². The van der Waals surface area contributed by atoms with Gasteiger partial charge in [-0.1, -0.05) is 53.7 Å². The topological polar surface area (TPSA) is 73.7 Å². The zero-order valence-electron chi connectivity index (χ0n) is 17.7. The summed E-state index contributed by atoms with van der Waals surface area (Å²) >= 11 is 7.43. The summed E-state index contributed by atoms with van der Waals surface area (Å²) < 4.78 is 12.7. The molecule has 2 aromatic carbocycles. The van der Waals surface area contributed by atoms with E-state index in [1.807, 2.05) is 48.5 Å². The largest absolute Gasteiger partial charge is 0.452 e. The number of halogens is 1. The standard InChI is InChI=1S/C23H24ClN3O4S/c1-16(22(29)26-9-11-30-12-10-26)31-21(28)15-32-23-25-19-13-18(24)7-8-20(19)27(23)14-17-5-3-2-4-6-17/h2-8,13,16H,9-12,14-15H2,1H3. The summed E-state index contributed by atoms with van der Waals surface area (Å²) in [5, 5.41) is 1.29. The zero-order valence-corrected chi connectivity index (χ0v) is 19.3. The third-order valence-corrected chi connectivity index (χ3v) is 6.34. The Morgan fingerprint density at radius 3 is 2.69 bits per heavy atom. The van der Waals surface area contributed by atoms with Gasteiger partial charge in [-0.2, -0.15) is 0 Å². The van der Waals surface area contributed by atoms with E-state index in [1.165, 1.54) is 11.8 Å². The van der Waals surface area contributed by atoms with Crippen LogP contribution in [0.1, 0.15) is 12.5 Å². The highest BCUT2D eigenvalue weighted by atomic mass is 35.5. The molecule has 0 bridgehead atoms. The molecule has 2 heterocycles. The first kappa shape index (κ1) is 22.6. The third kappa shape index (κ3) is 5.43. The van der Waals surface area contributed by atoms with E-state index in [1.54, 1.807) is 11.8 Å². The molecule has 7 nitrogen and oxygen atoms in total. The van der Waals surface area contributed by atoms with E-state index in [9.17, 15) is 9.59 Å². The number of benzene rings is 2. The Labute approximate surface area is 195 Å². The molecule has 9 heteroatoms. The van der Waals surface area contributed by atoms with Crippen LogP contribution >= 0.6 is 23.4 Å². The fourth-order valence-electron chi connectivity index (χ4n) is 3.56. The molecule has 168 valence electrons. The summed E-state index contributed by atoms with van der Waals surface area (Å²) in [5.74, 6) is -0.606. The second-order valence-electron chi connectivity index (χ2n) is 7.46. The van der Waals surface area contributed by atoms with Gasteiger partial charge in [-0.15, -0.1) is 0 Å². The number of thioether (sulfide) groups is 1. The Hall–Kier alpha value is -2.55. The van der Waals surface area contributed by atoms with Crippen molar-refractivity contribution in [2.24, 2.45) is 0 Å². The maximum absolute atomic E-state index is 12.5. The van der Waals surface area contributed by atoms with Gasteiger partial charge in [-0.25, -0.2) is 4.98 Å². The fourth-order valence-corrected chi connectivity index (χ4v) is 4.52. The Kier molecular flexibility index (Phi) is 7.34. The average Bonchev–Trinajstić information content (AvgIpc) is 3.14. The van der Waals surface area contributed by atoms with E-state index in [-0.39, 0.29) is 11.7 Å². The molecule has 1 aliphatic rings. The molecule has 0 N–H and O–H groups in total. The van der Waals surface area contributed by atoms with Gasteiger partial charge >= 0.3 is 5.97 Å². The molecule has 1 aliphatic heterocycles. The summed E-state index contributed by atoms with van der Waals surface area (Å²) in [5.41, 5.74) is 2.82. The van der Waals surface area contributed by atoms with Gasteiger partial charge < -0.3 is 18.9 Å². The highest BCUT2D eigenvalue weighted by Crippen LogP contribution is 2.27. The number of esters is 1. The molecular weight excluding hydrogens is 450 g/mol. The second kappa shape index (κ2) is 10.4. The summed E-state index contributed by atoms with van der Waals surface area (Å²) in [4.78, 5) is 31.3. The van der Waals surface area contributed by atoms with Crippen molar-refractivity contribution >= 4 is 46.3 Å². The van der Waals surface area contributed by atoms with E-state index in [4.69, 9.17) is 21.1 Å². The molecule has 0 radical (unpaired) electrons. The lowest BCUT2D eigenvalue weighted by molar-refractivity contribution is -0.158. The monoisotopic (exact) mass is 473 g/mol. The van der Waals surface area contributed by atoms with Crippen LogP contribution in [0.5, 0.6) is 0 Å². The number of hydrogen-bond acceptors (Lipinski definition) is 6. The Bertz CT molecular complexity index is 1100. The molecule has 1 saturated heterocycles. The summed E-state index contributed by atoms with van der Waals surface area (Å²) in [7, 11) is 0. The van der Waals surface area contributed by atoms with Crippen LogP contribution in [-0.4, -0.2) is 64.5 Å². The molecule has 1 unspecified atom stereocenters. The Morgan fingerprint density at radius 2 is 1.94 bits per heavy atom. The van der Waals surface area contributed by atoms with Crippen molar-refractivity contribution in [2.75, 3.05) is 32.1 Å². The van der Waals surface area contributed by atoms with Gasteiger partial charge in [0.1, 0.15) is 0 Å². The van der Waals surface area contributed by atoms with Crippen molar-refractivity contribution in [1.29, 1.82) is 0 Å². The first-order valence-electron chi connectivity index (χ1n) is 10.4. The number of nitrogens with zero attached hydrogens (tertiary/aromatic N) is 3. The van der Waals surface area contributed by atoms with Crippen LogP contribution in [0.3, 0.4) is 0 Å². The van der Waals surface area contributed by atoms with Gasteiger partial charge in [0.05, 0.1) is 36.5 Å². The molecule has 32 heavy (non-hydrogen) atoms. The fraction of sp³-hybridized carbons (Fsp3) is 0.348. The number of morpholine rings is 1. The first-order chi connectivity index (χ1) is 15.5. The maximum Gasteiger partial charge on any atom is 0.317 e. The summed E-state index contributed by atoms with van der Waals surface area (Å²) in [6, 6.07) is 15.6. The highest BCUT2D eigenvalue weighted by Gasteiger charge is 2.25. The van der Waals surface area contributed by atoms with Crippen LogP contribution in [0.2, 0.25) is 5.02 Å². The van der Waals surface area contributed by atoms with Gasteiger partial charge in [0, 0.05) is 18.1 Å². The Balaban J connectivity index is 1.44. The highest BCUT2D eigenvalue weighted by molar-refractivity contribution is 7.99. The van der Waals surface area contributed by atoms with E-state index in [0.717, 1.165) is 16.6 Å². The molecule has 3 aromatic rings. The van der Waals surface area contributed by atoms with E-state index < -0.39 is 12.1 Å². The summed E-state index contributed by atoms with van der Waals surface area (Å²) in [6.07, 6.45) is -0.830. The van der Waals surface area contributed by atoms with Gasteiger partial charge in [-0.05, 0) is 30.7 Å². The van der Waals surface area contributed by atoms with Crippen molar-refractivity contribution in [3.8, 4) is 0 Å². The van der Waals surface area contributed by atoms with E-state index in [0.29, 0.717) is 43.0 Å². The van der Waals surface area contributed by atoms with Gasteiger partial charge in [-0.3, -0.25) is 9.59 Å². The minimum atomic E-state index is -0.830. The number of hydrogen-bond donors (Lipinski definition) is 0. The lowest BCUT2D eigenvalue weighted by Crippen LogP contribution is -2.46. The Morgan fingerprint density at radius 1 is 1.19 bits per heavy atom. The SMILES string of the molecule is CC(OC(=O)CSc1nc2cc(Cl)ccc2n1Cc1ccccc1)C(=O)N1CCOCC1. The molecule has 1 amide bonds. The number of ether oxygens (including phenoxy) is 2. The number of rotatable bonds is 7. The third-order valence-electron chi connectivity index (χ3n) is 5.16. The van der Waals surface area contributed by atoms with Crippen LogP contribution in [0.15, 0.2) is 53.7 Å². The normalized spacial score (nSPS) is 15.0. The predicted octanol–water partition coefficient (Wildman–Crippen LogP) is 3.62. The van der Waals surface area contributed by atoms with E-state index in [2.05, 4.69) is 9.55 Å². The van der Waals surface area contributed by atoms with Gasteiger partial charge in [0.25, 0.3) is 5.91 Å². The molecule has 0 aliphatic carbocycles. The average molecular weight is 474 g/mol. The lowest BCUT2D eigenvalue weighted by atomic mass is 10.2. The van der Waals surface area contributed by atoms with Crippen molar-refractivity contribution in [3.05, 3.63) is 59.1 Å². The smallest absolute Gasteiger partial charge is 0.317 e. The second-order valence-corrected chi connectivity index (χ2v) is 8.84. The number of amides is 1. The lowest BCUT2D eigenvalue weighted by Gasteiger charge is -2.28. The van der Waals surface area contributed by atoms with Crippen LogP contribution in [-0.2, 0) is 25.6 Å². The van der Waals surface area contributed by atoms with Gasteiger partial charge in [0.2, 0.25) is 0 Å². The minimum absolute atomic E-state index is 0.0482. The zero-order chi connectivity index (χ0) is 22.5. The van der Waals surface area contributed by atoms with Crippen LogP contribution < -0.4 is 0 Å². The molecule has 1 atom stereocenters. The van der Waals surface area contributed by atoms with E-state index >= 15 is 0 Å². The van der Waals surface area contributed by atoms with Crippen molar-refractivity contribution < 1.29 is 19.1 Å². The van der Waals surface area contributed by atoms with Crippen LogP contribution in [0.25, 0.3) is 11.0 Å². The van der Waals surface area contributed by atoms with Crippen molar-refractivity contribution in [1.82, 2.24) is 14.5 Å². The molecular formula is C23H24ClN3O4S. The molecule has 4 rings (SSSR count). The number of fused-ring (bicyclic) bond motifs is 1. The number of imidazole rings is 1. The molecule has 1 aromatic heterocycles. The van der Waals surface area contributed by atoms with Crippen molar-refractivity contribution in [3.63, 3.8) is 0 Å². The maximum atomic E-state index is 12.5. The summed E-state index contributed by atoms with van der Waals surface area (Å²) in [6.45, 7) is 4.26. The quantitative estimate of drug-likeness (QED) is 0.385. The number of aromatic nitrogens is 2. The number of carbonyl (C=O) groups is 2. The number of carbonyl (C=O) groups excluding carboxylic acids is 2. The molecule has 1 fully saturated rings. The molecule has 0 saturated carbocycles. The molecule has 0 spiro atoms. The predicted molar refractivity (Wildman–Crippen MR) is 124 cm³/mol. The van der Waals surface area contributed by atoms with Crippen molar-refractivity contribution in [2.45, 2.75) is 24.7 Å². The van der Waals surface area contributed by atoms with Crippen LogP contribution in [0.4, 0.5) is 0 Å². The first-order valence-corrected chi connectivity index (χ1v) is 11.8.